The zero-order valence-corrected chi connectivity index (χ0v) is 11.4. The average molecular weight is 251 g/mol. The molecule has 0 saturated carbocycles. The summed E-state index contributed by atoms with van der Waals surface area (Å²) in [5.74, 6) is 0. The summed E-state index contributed by atoms with van der Waals surface area (Å²) >= 11 is 0. The summed E-state index contributed by atoms with van der Waals surface area (Å²) < 4.78 is 5.37. The minimum absolute atomic E-state index is 0.363. The highest BCUT2D eigenvalue weighted by Crippen LogP contribution is 2.32. The maximum atomic E-state index is 10.2. The summed E-state index contributed by atoms with van der Waals surface area (Å²) in [4.78, 5) is 0. The Morgan fingerprint density at radius 3 is 2.50 bits per heavy atom. The number of rotatable bonds is 8. The van der Waals surface area contributed by atoms with E-state index in [1.165, 1.54) is 0 Å². The molecule has 0 spiro atoms. The van der Waals surface area contributed by atoms with E-state index in [2.05, 4.69) is 0 Å². The summed E-state index contributed by atoms with van der Waals surface area (Å²) in [6.45, 7) is 5.71. The molecule has 1 aromatic rings. The van der Waals surface area contributed by atoms with Gasteiger partial charge in [-0.25, -0.2) is 0 Å². The predicted octanol–water partition coefficient (Wildman–Crippen LogP) is 2.08. The maximum absolute atomic E-state index is 10.2. The van der Waals surface area contributed by atoms with Gasteiger partial charge in [0.1, 0.15) is 0 Å². The van der Waals surface area contributed by atoms with Gasteiger partial charge in [0.2, 0.25) is 0 Å². The molecule has 0 radical (unpaired) electrons. The van der Waals surface area contributed by atoms with Gasteiger partial charge in [0.15, 0.2) is 0 Å². The molecule has 0 aliphatic carbocycles. The maximum Gasteiger partial charge on any atom is 0.0620 e. The van der Waals surface area contributed by atoms with Crippen LogP contribution in [0.15, 0.2) is 30.3 Å². The molecule has 0 bridgehead atoms. The SMILES string of the molecule is CCOCCCC(CN)(c1ccccc1)C(C)O. The molecule has 18 heavy (non-hydrogen) atoms. The summed E-state index contributed by atoms with van der Waals surface area (Å²) in [5, 5.41) is 10.2. The molecule has 2 atom stereocenters. The van der Waals surface area contributed by atoms with Gasteiger partial charge in [0.05, 0.1) is 6.10 Å². The van der Waals surface area contributed by atoms with Crippen molar-refractivity contribution in [2.45, 2.75) is 38.2 Å². The Labute approximate surface area is 110 Å². The van der Waals surface area contributed by atoms with Crippen LogP contribution in [-0.2, 0) is 10.2 Å². The van der Waals surface area contributed by atoms with Crippen molar-refractivity contribution in [1.29, 1.82) is 0 Å². The lowest BCUT2D eigenvalue weighted by molar-refractivity contribution is 0.0794. The van der Waals surface area contributed by atoms with Gasteiger partial charge in [-0.1, -0.05) is 30.3 Å². The highest BCUT2D eigenvalue weighted by molar-refractivity contribution is 5.27. The molecular weight excluding hydrogens is 226 g/mol. The van der Waals surface area contributed by atoms with Crippen LogP contribution >= 0.6 is 0 Å². The van der Waals surface area contributed by atoms with Crippen LogP contribution in [-0.4, -0.2) is 31.0 Å². The molecule has 0 saturated heterocycles. The van der Waals surface area contributed by atoms with Crippen molar-refractivity contribution in [3.8, 4) is 0 Å². The number of benzene rings is 1. The smallest absolute Gasteiger partial charge is 0.0620 e. The van der Waals surface area contributed by atoms with Crippen LogP contribution in [0.2, 0.25) is 0 Å². The standard InChI is InChI=1S/C15H25NO2/c1-3-18-11-7-10-15(12-16,13(2)17)14-8-5-4-6-9-14/h4-6,8-9,13,17H,3,7,10-12,16H2,1-2H3. The zero-order valence-electron chi connectivity index (χ0n) is 11.4. The molecule has 0 aliphatic rings. The first-order chi connectivity index (χ1) is 8.67. The van der Waals surface area contributed by atoms with Crippen molar-refractivity contribution in [3.05, 3.63) is 35.9 Å². The largest absolute Gasteiger partial charge is 0.392 e. The van der Waals surface area contributed by atoms with Gasteiger partial charge in [-0.05, 0) is 32.3 Å². The summed E-state index contributed by atoms with van der Waals surface area (Å²) in [5.41, 5.74) is 6.70. The molecule has 3 heteroatoms. The van der Waals surface area contributed by atoms with Gasteiger partial charge < -0.3 is 15.6 Å². The van der Waals surface area contributed by atoms with Gasteiger partial charge in [0.25, 0.3) is 0 Å². The highest BCUT2D eigenvalue weighted by Gasteiger charge is 2.35. The van der Waals surface area contributed by atoms with Crippen molar-refractivity contribution >= 4 is 0 Å². The van der Waals surface area contributed by atoms with E-state index in [-0.39, 0.29) is 5.41 Å². The lowest BCUT2D eigenvalue weighted by Gasteiger charge is -2.36. The average Bonchev–Trinajstić information content (AvgIpc) is 2.40. The zero-order chi connectivity index (χ0) is 13.4. The first-order valence-electron chi connectivity index (χ1n) is 6.68. The summed E-state index contributed by atoms with van der Waals surface area (Å²) in [7, 11) is 0. The van der Waals surface area contributed by atoms with Crippen molar-refractivity contribution in [3.63, 3.8) is 0 Å². The quantitative estimate of drug-likeness (QED) is 0.696. The number of aliphatic hydroxyl groups is 1. The Morgan fingerprint density at radius 2 is 2.00 bits per heavy atom. The van der Waals surface area contributed by atoms with Crippen molar-refractivity contribution in [2.24, 2.45) is 5.73 Å². The first-order valence-corrected chi connectivity index (χ1v) is 6.68. The van der Waals surface area contributed by atoms with Crippen LogP contribution in [0.25, 0.3) is 0 Å². The molecule has 0 amide bonds. The Morgan fingerprint density at radius 1 is 1.33 bits per heavy atom. The molecule has 0 heterocycles. The second-order valence-electron chi connectivity index (χ2n) is 4.70. The number of aliphatic hydroxyl groups excluding tert-OH is 1. The third kappa shape index (κ3) is 3.55. The van der Waals surface area contributed by atoms with Crippen LogP contribution < -0.4 is 5.73 Å². The van der Waals surface area contributed by atoms with E-state index in [9.17, 15) is 5.11 Å². The molecule has 102 valence electrons. The molecule has 3 N–H and O–H groups in total. The van der Waals surface area contributed by atoms with E-state index in [0.29, 0.717) is 6.54 Å². The second kappa shape index (κ2) is 7.52. The molecule has 0 aliphatic heterocycles. The Bertz CT molecular complexity index is 327. The molecule has 2 unspecified atom stereocenters. The van der Waals surface area contributed by atoms with Crippen molar-refractivity contribution in [2.75, 3.05) is 19.8 Å². The van der Waals surface area contributed by atoms with Crippen molar-refractivity contribution < 1.29 is 9.84 Å². The predicted molar refractivity (Wildman–Crippen MR) is 74.6 cm³/mol. The third-order valence-corrected chi connectivity index (χ3v) is 3.63. The molecule has 3 nitrogen and oxygen atoms in total. The van der Waals surface area contributed by atoms with E-state index in [4.69, 9.17) is 10.5 Å². The van der Waals surface area contributed by atoms with Crippen LogP contribution in [0, 0.1) is 0 Å². The minimum atomic E-state index is -0.466. The minimum Gasteiger partial charge on any atom is -0.392 e. The van der Waals surface area contributed by atoms with Crippen LogP contribution in [0.4, 0.5) is 0 Å². The lowest BCUT2D eigenvalue weighted by atomic mass is 9.73. The van der Waals surface area contributed by atoms with Crippen LogP contribution in [0.3, 0.4) is 0 Å². The van der Waals surface area contributed by atoms with E-state index in [0.717, 1.165) is 31.6 Å². The number of hydrogen-bond donors (Lipinski definition) is 2. The van der Waals surface area contributed by atoms with Gasteiger partial charge in [-0.15, -0.1) is 0 Å². The molecular formula is C15H25NO2. The number of ether oxygens (including phenoxy) is 1. The lowest BCUT2D eigenvalue weighted by Crippen LogP contribution is -2.44. The fourth-order valence-electron chi connectivity index (χ4n) is 2.39. The van der Waals surface area contributed by atoms with Gasteiger partial charge in [-0.2, -0.15) is 0 Å². The van der Waals surface area contributed by atoms with E-state index >= 15 is 0 Å². The Kier molecular flexibility index (Phi) is 6.33. The van der Waals surface area contributed by atoms with E-state index in [1.54, 1.807) is 0 Å². The van der Waals surface area contributed by atoms with Gasteiger partial charge in [-0.3, -0.25) is 0 Å². The molecule has 0 fully saturated rings. The van der Waals surface area contributed by atoms with E-state index in [1.807, 2.05) is 44.2 Å². The van der Waals surface area contributed by atoms with Gasteiger partial charge in [0, 0.05) is 25.2 Å². The van der Waals surface area contributed by atoms with Crippen molar-refractivity contribution in [1.82, 2.24) is 0 Å². The monoisotopic (exact) mass is 251 g/mol. The fourth-order valence-corrected chi connectivity index (χ4v) is 2.39. The first kappa shape index (κ1) is 15.2. The highest BCUT2D eigenvalue weighted by atomic mass is 16.5. The third-order valence-electron chi connectivity index (χ3n) is 3.63. The Balaban J connectivity index is 2.82. The summed E-state index contributed by atoms with van der Waals surface area (Å²) in [6, 6.07) is 10.0. The van der Waals surface area contributed by atoms with Crippen LogP contribution in [0.1, 0.15) is 32.3 Å². The second-order valence-corrected chi connectivity index (χ2v) is 4.70. The molecule has 0 aromatic heterocycles. The molecule has 1 rings (SSSR count). The number of nitrogens with two attached hydrogens (primary N) is 1. The van der Waals surface area contributed by atoms with Crippen LogP contribution in [0.5, 0.6) is 0 Å². The Hall–Kier alpha value is -0.900. The normalized spacial score (nSPS) is 16.2. The fraction of sp³-hybridized carbons (Fsp3) is 0.600. The summed E-state index contributed by atoms with van der Waals surface area (Å²) in [6.07, 6.45) is 1.28. The number of hydrogen-bond acceptors (Lipinski definition) is 3. The molecule has 1 aromatic carbocycles. The van der Waals surface area contributed by atoms with E-state index < -0.39 is 6.10 Å². The van der Waals surface area contributed by atoms with Gasteiger partial charge >= 0.3 is 0 Å². The topological polar surface area (TPSA) is 55.5 Å².